The van der Waals surface area contributed by atoms with Crippen LogP contribution >= 0.6 is 0 Å². The number of hydrogen-bond donors (Lipinski definition) is 0. The Morgan fingerprint density at radius 2 is 2.00 bits per heavy atom. The average molecular weight is 230 g/mol. The number of carbonyl (C=O) groups is 2. The quantitative estimate of drug-likeness (QED) is 0.576. The van der Waals surface area contributed by atoms with E-state index < -0.39 is 11.4 Å². The number of ether oxygens (including phenoxy) is 1. The standard InChI is InChI=1S/C14H14O3/c1-17-13(16)14(10-6-5-9-12(14)15)11-7-3-2-4-8-11/h2-5,7-9H,6,10H2,1H3/t14-/m0/s1. The predicted octanol–water partition coefficient (Wildman–Crippen LogP) is 2.02. The zero-order valence-corrected chi connectivity index (χ0v) is 9.68. The van der Waals surface area contributed by atoms with Gasteiger partial charge in [0.2, 0.25) is 0 Å². The molecule has 0 aliphatic heterocycles. The lowest BCUT2D eigenvalue weighted by Crippen LogP contribution is -2.45. The van der Waals surface area contributed by atoms with Crippen LogP contribution in [-0.2, 0) is 19.7 Å². The average Bonchev–Trinajstić information content (AvgIpc) is 2.39. The molecular weight excluding hydrogens is 216 g/mol. The molecule has 1 aliphatic rings. The Balaban J connectivity index is 2.56. The summed E-state index contributed by atoms with van der Waals surface area (Å²) < 4.78 is 4.82. The minimum Gasteiger partial charge on any atom is -0.468 e. The Morgan fingerprint density at radius 3 is 2.59 bits per heavy atom. The van der Waals surface area contributed by atoms with Crippen LogP contribution < -0.4 is 0 Å². The minimum atomic E-state index is -1.15. The van der Waals surface area contributed by atoms with Crippen LogP contribution in [0, 0.1) is 0 Å². The summed E-state index contributed by atoms with van der Waals surface area (Å²) in [4.78, 5) is 24.2. The molecule has 3 nitrogen and oxygen atoms in total. The molecule has 0 saturated carbocycles. The van der Waals surface area contributed by atoms with E-state index in [9.17, 15) is 9.59 Å². The van der Waals surface area contributed by atoms with Crippen molar-refractivity contribution in [3.05, 3.63) is 48.0 Å². The van der Waals surface area contributed by atoms with E-state index in [4.69, 9.17) is 4.74 Å². The Bertz CT molecular complexity index is 462. The number of carbonyl (C=O) groups excluding carboxylic acids is 2. The van der Waals surface area contributed by atoms with Gasteiger partial charge < -0.3 is 4.74 Å². The summed E-state index contributed by atoms with van der Waals surface area (Å²) in [6.07, 6.45) is 4.45. The molecule has 88 valence electrons. The van der Waals surface area contributed by atoms with Gasteiger partial charge in [-0.05, 0) is 24.5 Å². The van der Waals surface area contributed by atoms with E-state index in [0.29, 0.717) is 18.4 Å². The maximum Gasteiger partial charge on any atom is 0.324 e. The highest BCUT2D eigenvalue weighted by atomic mass is 16.5. The van der Waals surface area contributed by atoms with Gasteiger partial charge in [-0.15, -0.1) is 0 Å². The molecule has 0 unspecified atom stereocenters. The molecule has 0 radical (unpaired) electrons. The maximum atomic E-state index is 12.1. The summed E-state index contributed by atoms with van der Waals surface area (Å²) in [5, 5.41) is 0. The zero-order chi connectivity index (χ0) is 12.3. The molecule has 2 rings (SSSR count). The van der Waals surface area contributed by atoms with Crippen LogP contribution in [0.15, 0.2) is 42.5 Å². The SMILES string of the molecule is COC(=O)[C@]1(c2ccccc2)CCC=CC1=O. The van der Waals surface area contributed by atoms with Crippen molar-refractivity contribution in [2.75, 3.05) is 7.11 Å². The van der Waals surface area contributed by atoms with E-state index >= 15 is 0 Å². The van der Waals surface area contributed by atoms with E-state index in [1.54, 1.807) is 18.2 Å². The third-order valence-corrected chi connectivity index (χ3v) is 3.18. The van der Waals surface area contributed by atoms with Crippen molar-refractivity contribution in [2.24, 2.45) is 0 Å². The second kappa shape index (κ2) is 4.53. The van der Waals surface area contributed by atoms with Crippen molar-refractivity contribution in [3.8, 4) is 0 Å². The van der Waals surface area contributed by atoms with Gasteiger partial charge in [0.25, 0.3) is 0 Å². The molecule has 17 heavy (non-hydrogen) atoms. The monoisotopic (exact) mass is 230 g/mol. The Labute approximate surface area is 100 Å². The molecule has 1 aromatic rings. The third kappa shape index (κ3) is 1.78. The largest absolute Gasteiger partial charge is 0.468 e. The van der Waals surface area contributed by atoms with E-state index in [-0.39, 0.29) is 5.78 Å². The third-order valence-electron chi connectivity index (χ3n) is 3.18. The first-order valence-corrected chi connectivity index (χ1v) is 5.57. The number of methoxy groups -OCH3 is 1. The van der Waals surface area contributed by atoms with Crippen molar-refractivity contribution in [1.82, 2.24) is 0 Å². The van der Waals surface area contributed by atoms with Crippen molar-refractivity contribution in [1.29, 1.82) is 0 Å². The summed E-state index contributed by atoms with van der Waals surface area (Å²) in [5.41, 5.74) is -0.439. The van der Waals surface area contributed by atoms with E-state index in [1.807, 2.05) is 18.2 Å². The molecule has 0 amide bonds. The van der Waals surface area contributed by atoms with Crippen LogP contribution in [0.2, 0.25) is 0 Å². The van der Waals surface area contributed by atoms with E-state index in [1.165, 1.54) is 13.2 Å². The molecule has 0 heterocycles. The molecule has 0 spiro atoms. The number of allylic oxidation sites excluding steroid dienone is 2. The Kier molecular flexibility index (Phi) is 3.09. The van der Waals surface area contributed by atoms with Gasteiger partial charge in [-0.1, -0.05) is 36.4 Å². The molecular formula is C14H14O3. The Hall–Kier alpha value is -1.90. The van der Waals surface area contributed by atoms with Gasteiger partial charge in [-0.2, -0.15) is 0 Å². The van der Waals surface area contributed by atoms with Gasteiger partial charge in [0, 0.05) is 0 Å². The van der Waals surface area contributed by atoms with E-state index in [0.717, 1.165) is 0 Å². The number of esters is 1. The smallest absolute Gasteiger partial charge is 0.324 e. The zero-order valence-electron chi connectivity index (χ0n) is 9.68. The fraction of sp³-hybridized carbons (Fsp3) is 0.286. The molecule has 1 aliphatic carbocycles. The second-order valence-electron chi connectivity index (χ2n) is 4.07. The second-order valence-corrected chi connectivity index (χ2v) is 4.07. The highest BCUT2D eigenvalue weighted by Crippen LogP contribution is 2.35. The normalized spacial score (nSPS) is 23.5. The molecule has 0 N–H and O–H groups in total. The highest BCUT2D eigenvalue weighted by Gasteiger charge is 2.47. The first-order valence-electron chi connectivity index (χ1n) is 5.57. The molecule has 1 atom stereocenters. The summed E-state index contributed by atoms with van der Waals surface area (Å²) >= 11 is 0. The van der Waals surface area contributed by atoms with Crippen LogP contribution in [0.4, 0.5) is 0 Å². The Morgan fingerprint density at radius 1 is 1.29 bits per heavy atom. The predicted molar refractivity (Wildman–Crippen MR) is 63.5 cm³/mol. The number of hydrogen-bond acceptors (Lipinski definition) is 3. The fourth-order valence-corrected chi connectivity index (χ4v) is 2.26. The van der Waals surface area contributed by atoms with E-state index in [2.05, 4.69) is 0 Å². The molecule has 1 aromatic carbocycles. The van der Waals surface area contributed by atoms with Crippen molar-refractivity contribution < 1.29 is 14.3 Å². The lowest BCUT2D eigenvalue weighted by Gasteiger charge is -2.30. The number of ketones is 1. The van der Waals surface area contributed by atoms with Crippen LogP contribution in [0.1, 0.15) is 18.4 Å². The molecule has 3 heteroatoms. The molecule has 0 aromatic heterocycles. The molecule has 0 bridgehead atoms. The van der Waals surface area contributed by atoms with Crippen LogP contribution in [0.5, 0.6) is 0 Å². The van der Waals surface area contributed by atoms with Gasteiger partial charge in [-0.3, -0.25) is 9.59 Å². The topological polar surface area (TPSA) is 43.4 Å². The lowest BCUT2D eigenvalue weighted by molar-refractivity contribution is -0.151. The molecule has 0 fully saturated rings. The maximum absolute atomic E-state index is 12.1. The van der Waals surface area contributed by atoms with Gasteiger partial charge in [0.05, 0.1) is 7.11 Å². The summed E-state index contributed by atoms with van der Waals surface area (Å²) in [6, 6.07) is 9.11. The minimum absolute atomic E-state index is 0.193. The van der Waals surface area contributed by atoms with Crippen LogP contribution in [0.3, 0.4) is 0 Å². The summed E-state index contributed by atoms with van der Waals surface area (Å²) in [5.74, 6) is -0.667. The summed E-state index contributed by atoms with van der Waals surface area (Å²) in [7, 11) is 1.32. The number of benzene rings is 1. The van der Waals surface area contributed by atoms with Crippen LogP contribution in [0.25, 0.3) is 0 Å². The first kappa shape index (κ1) is 11.6. The van der Waals surface area contributed by atoms with Gasteiger partial charge in [0.15, 0.2) is 11.2 Å². The van der Waals surface area contributed by atoms with Crippen molar-refractivity contribution in [2.45, 2.75) is 18.3 Å². The summed E-state index contributed by atoms with van der Waals surface area (Å²) in [6.45, 7) is 0. The lowest BCUT2D eigenvalue weighted by atomic mass is 9.71. The van der Waals surface area contributed by atoms with Gasteiger partial charge >= 0.3 is 5.97 Å². The number of rotatable bonds is 2. The van der Waals surface area contributed by atoms with Crippen molar-refractivity contribution >= 4 is 11.8 Å². The molecule has 0 saturated heterocycles. The highest BCUT2D eigenvalue weighted by molar-refractivity contribution is 6.15. The first-order chi connectivity index (χ1) is 8.21. The van der Waals surface area contributed by atoms with Crippen molar-refractivity contribution in [3.63, 3.8) is 0 Å². The fourth-order valence-electron chi connectivity index (χ4n) is 2.26. The van der Waals surface area contributed by atoms with Gasteiger partial charge in [0.1, 0.15) is 0 Å². The van der Waals surface area contributed by atoms with Gasteiger partial charge in [-0.25, -0.2) is 0 Å². The van der Waals surface area contributed by atoms with Crippen LogP contribution in [-0.4, -0.2) is 18.9 Å².